The Bertz CT molecular complexity index is 1450. The molecule has 0 amide bonds. The van der Waals surface area contributed by atoms with Gasteiger partial charge in [0.15, 0.2) is 11.5 Å². The normalized spacial score (nSPS) is 11.8. The fourth-order valence-corrected chi connectivity index (χ4v) is 4.24. The van der Waals surface area contributed by atoms with Gasteiger partial charge in [-0.25, -0.2) is 0 Å². The average molecular weight is 484 g/mol. The minimum atomic E-state index is -0.450. The maximum atomic E-state index is 13.0. The number of benzene rings is 2. The number of hydrogen-bond donors (Lipinski definition) is 0. The molecule has 2 aromatic carbocycles. The molecule has 0 N–H and O–H groups in total. The van der Waals surface area contributed by atoms with Gasteiger partial charge in [-0.15, -0.1) is 0 Å². The number of thiazole rings is 1. The van der Waals surface area contributed by atoms with Crippen molar-refractivity contribution in [3.05, 3.63) is 89.5 Å². The molecule has 0 radical (unpaired) electrons. The number of halogens is 1. The van der Waals surface area contributed by atoms with Gasteiger partial charge in [-0.2, -0.15) is 14.6 Å². The van der Waals surface area contributed by atoms with Gasteiger partial charge in [-0.05, 0) is 54.8 Å². The Morgan fingerprint density at radius 2 is 1.85 bits per heavy atom. The van der Waals surface area contributed by atoms with Crippen LogP contribution in [0.1, 0.15) is 37.1 Å². The van der Waals surface area contributed by atoms with Gasteiger partial charge in [0.25, 0.3) is 11.1 Å². The van der Waals surface area contributed by atoms with Gasteiger partial charge in [0.2, 0.25) is 4.96 Å². The van der Waals surface area contributed by atoms with Crippen LogP contribution in [0.5, 0.6) is 11.5 Å². The standard InChI is InChI=1S/C24H22ClN3O4S/c1-3-11-32-19-10-7-16(13-20(19)31-4-2)14-21-23(30)28-24(33-21)26-22(29)18(27-28)12-15-5-8-17(25)9-6-15/h5-10,13-14H,3-4,11-12H2,1-2H3/b21-14-. The average Bonchev–Trinajstić information content (AvgIpc) is 3.09. The summed E-state index contributed by atoms with van der Waals surface area (Å²) in [5, 5.41) is 4.90. The molecule has 33 heavy (non-hydrogen) atoms. The van der Waals surface area contributed by atoms with Crippen molar-refractivity contribution in [2.24, 2.45) is 0 Å². The Morgan fingerprint density at radius 1 is 1.06 bits per heavy atom. The number of aromatic nitrogens is 3. The van der Waals surface area contributed by atoms with Gasteiger partial charge < -0.3 is 9.47 Å². The van der Waals surface area contributed by atoms with Crippen LogP contribution in [-0.2, 0) is 6.42 Å². The lowest BCUT2D eigenvalue weighted by atomic mass is 10.1. The Balaban J connectivity index is 1.72. The lowest BCUT2D eigenvalue weighted by molar-refractivity contribution is 0.277. The van der Waals surface area contributed by atoms with Crippen molar-refractivity contribution >= 4 is 34.0 Å². The summed E-state index contributed by atoms with van der Waals surface area (Å²) in [5.74, 6) is 1.28. The van der Waals surface area contributed by atoms with E-state index in [1.807, 2.05) is 44.2 Å². The van der Waals surface area contributed by atoms with E-state index in [0.717, 1.165) is 28.9 Å². The van der Waals surface area contributed by atoms with Crippen LogP contribution in [0, 0.1) is 0 Å². The van der Waals surface area contributed by atoms with E-state index in [4.69, 9.17) is 21.1 Å². The SMILES string of the molecule is CCCOc1ccc(/C=c2\sc3nc(=O)c(Cc4ccc(Cl)cc4)nn3c2=O)cc1OCC. The van der Waals surface area contributed by atoms with Crippen molar-refractivity contribution in [2.75, 3.05) is 13.2 Å². The van der Waals surface area contributed by atoms with Crippen LogP contribution in [0.4, 0.5) is 0 Å². The fraction of sp³-hybridized carbons (Fsp3) is 0.250. The third kappa shape index (κ3) is 5.23. The fourth-order valence-electron chi connectivity index (χ4n) is 3.21. The number of rotatable bonds is 8. The molecule has 0 aliphatic heterocycles. The summed E-state index contributed by atoms with van der Waals surface area (Å²) in [6, 6.07) is 12.6. The van der Waals surface area contributed by atoms with E-state index < -0.39 is 5.56 Å². The highest BCUT2D eigenvalue weighted by Gasteiger charge is 2.12. The van der Waals surface area contributed by atoms with Crippen molar-refractivity contribution < 1.29 is 9.47 Å². The highest BCUT2D eigenvalue weighted by molar-refractivity contribution is 7.15. The molecule has 0 aliphatic rings. The second kappa shape index (κ2) is 10.1. The highest BCUT2D eigenvalue weighted by atomic mass is 35.5. The monoisotopic (exact) mass is 483 g/mol. The summed E-state index contributed by atoms with van der Waals surface area (Å²) >= 11 is 7.04. The van der Waals surface area contributed by atoms with Crippen LogP contribution in [-0.4, -0.2) is 27.8 Å². The zero-order valence-electron chi connectivity index (χ0n) is 18.2. The largest absolute Gasteiger partial charge is 0.490 e. The van der Waals surface area contributed by atoms with E-state index in [9.17, 15) is 9.59 Å². The molecule has 4 aromatic rings. The summed E-state index contributed by atoms with van der Waals surface area (Å²) in [7, 11) is 0. The van der Waals surface area contributed by atoms with Gasteiger partial charge >= 0.3 is 0 Å². The van der Waals surface area contributed by atoms with Gasteiger partial charge in [0.05, 0.1) is 17.7 Å². The molecular weight excluding hydrogens is 462 g/mol. The third-order valence-electron chi connectivity index (χ3n) is 4.76. The van der Waals surface area contributed by atoms with Crippen LogP contribution < -0.4 is 25.1 Å². The van der Waals surface area contributed by atoms with Gasteiger partial charge in [0.1, 0.15) is 5.69 Å². The Hall–Kier alpha value is -3.23. The topological polar surface area (TPSA) is 82.8 Å². The van der Waals surface area contributed by atoms with Crippen LogP contribution in [0.3, 0.4) is 0 Å². The number of nitrogens with zero attached hydrogens (tertiary/aromatic N) is 3. The first-order chi connectivity index (χ1) is 16.0. The summed E-state index contributed by atoms with van der Waals surface area (Å²) in [6.45, 7) is 5.02. The van der Waals surface area contributed by atoms with E-state index in [1.165, 1.54) is 4.52 Å². The lowest BCUT2D eigenvalue weighted by Gasteiger charge is -2.11. The smallest absolute Gasteiger partial charge is 0.296 e. The highest BCUT2D eigenvalue weighted by Crippen LogP contribution is 2.29. The van der Waals surface area contributed by atoms with Crippen LogP contribution in [0.15, 0.2) is 52.1 Å². The Labute approximate surface area is 198 Å². The first-order valence-electron chi connectivity index (χ1n) is 10.6. The van der Waals surface area contributed by atoms with Crippen molar-refractivity contribution in [1.29, 1.82) is 0 Å². The van der Waals surface area contributed by atoms with Crippen LogP contribution in [0.25, 0.3) is 11.0 Å². The molecule has 2 aromatic heterocycles. The maximum Gasteiger partial charge on any atom is 0.296 e. The van der Waals surface area contributed by atoms with E-state index in [-0.39, 0.29) is 22.6 Å². The van der Waals surface area contributed by atoms with Crippen molar-refractivity contribution in [3.63, 3.8) is 0 Å². The Kier molecular flexibility index (Phi) is 7.05. The third-order valence-corrected chi connectivity index (χ3v) is 5.97. The molecule has 7 nitrogen and oxygen atoms in total. The molecule has 4 rings (SSSR count). The van der Waals surface area contributed by atoms with Crippen molar-refractivity contribution in [2.45, 2.75) is 26.7 Å². The number of fused-ring (bicyclic) bond motifs is 1. The number of ether oxygens (including phenoxy) is 2. The quantitative estimate of drug-likeness (QED) is 0.381. The van der Waals surface area contributed by atoms with Crippen molar-refractivity contribution in [3.8, 4) is 11.5 Å². The van der Waals surface area contributed by atoms with E-state index in [1.54, 1.807) is 18.2 Å². The van der Waals surface area contributed by atoms with Gasteiger partial charge in [-0.3, -0.25) is 9.59 Å². The van der Waals surface area contributed by atoms with Crippen LogP contribution in [0.2, 0.25) is 5.02 Å². The van der Waals surface area contributed by atoms with Gasteiger partial charge in [-0.1, -0.05) is 48.1 Å². The minimum absolute atomic E-state index is 0.201. The molecule has 0 spiro atoms. The molecule has 0 atom stereocenters. The second-order valence-electron chi connectivity index (χ2n) is 7.26. The molecule has 2 heterocycles. The first-order valence-corrected chi connectivity index (χ1v) is 11.8. The molecule has 0 fully saturated rings. The zero-order chi connectivity index (χ0) is 23.4. The molecule has 0 unspecified atom stereocenters. The molecular formula is C24H22ClN3O4S. The summed E-state index contributed by atoms with van der Waals surface area (Å²) in [4.78, 5) is 29.8. The molecule has 0 bridgehead atoms. The molecule has 9 heteroatoms. The lowest BCUT2D eigenvalue weighted by Crippen LogP contribution is -2.28. The van der Waals surface area contributed by atoms with Crippen molar-refractivity contribution in [1.82, 2.24) is 14.6 Å². The van der Waals surface area contributed by atoms with E-state index in [2.05, 4.69) is 10.1 Å². The molecule has 0 saturated carbocycles. The predicted octanol–water partition coefficient (Wildman–Crippen LogP) is 3.49. The summed E-state index contributed by atoms with van der Waals surface area (Å²) in [5.41, 5.74) is 1.05. The summed E-state index contributed by atoms with van der Waals surface area (Å²) < 4.78 is 13.0. The second-order valence-corrected chi connectivity index (χ2v) is 8.71. The molecule has 0 saturated heterocycles. The van der Waals surface area contributed by atoms with Crippen LogP contribution >= 0.6 is 22.9 Å². The Morgan fingerprint density at radius 3 is 2.58 bits per heavy atom. The first kappa shape index (κ1) is 22.9. The van der Waals surface area contributed by atoms with E-state index in [0.29, 0.717) is 34.3 Å². The van der Waals surface area contributed by atoms with Gasteiger partial charge in [0, 0.05) is 11.4 Å². The summed E-state index contributed by atoms with van der Waals surface area (Å²) in [6.07, 6.45) is 2.88. The minimum Gasteiger partial charge on any atom is -0.490 e. The zero-order valence-corrected chi connectivity index (χ0v) is 19.8. The molecule has 0 aliphatic carbocycles. The molecule has 170 valence electrons. The van der Waals surface area contributed by atoms with E-state index >= 15 is 0 Å². The predicted molar refractivity (Wildman–Crippen MR) is 130 cm³/mol. The maximum absolute atomic E-state index is 13.0. The number of hydrogen-bond acceptors (Lipinski definition) is 7.